The maximum absolute atomic E-state index is 11.3. The van der Waals surface area contributed by atoms with Gasteiger partial charge in [0, 0.05) is 12.1 Å². The summed E-state index contributed by atoms with van der Waals surface area (Å²) in [6, 6.07) is 44.7. The highest BCUT2D eigenvalue weighted by molar-refractivity contribution is 6.70. The van der Waals surface area contributed by atoms with E-state index in [4.69, 9.17) is 20.3 Å². The monoisotopic (exact) mass is 566 g/mol. The number of anilines is 4. The molecule has 0 amide bonds. The maximum atomic E-state index is 11.3. The second-order valence-electron chi connectivity index (χ2n) is 9.58. The topological polar surface area (TPSA) is 107 Å². The van der Waals surface area contributed by atoms with E-state index in [1.165, 1.54) is 12.1 Å². The molecule has 210 valence electrons. The second kappa shape index (κ2) is 12.2. The molecule has 1 aliphatic heterocycles. The van der Waals surface area contributed by atoms with Crippen LogP contribution in [-0.2, 0) is 4.74 Å². The molecule has 5 aromatic rings. The minimum Gasteiger partial charge on any atom is -0.461 e. The Bertz CT molecular complexity index is 1700. The summed E-state index contributed by atoms with van der Waals surface area (Å²) in [7, 11) is 0. The molecule has 0 bridgehead atoms. The fourth-order valence-electron chi connectivity index (χ4n) is 4.68. The van der Waals surface area contributed by atoms with Crippen molar-refractivity contribution in [1.82, 2.24) is 0 Å². The first-order valence-electron chi connectivity index (χ1n) is 13.6. The number of benzene rings is 5. The normalized spacial score (nSPS) is 16.2. The van der Waals surface area contributed by atoms with Gasteiger partial charge in [-0.2, -0.15) is 10.2 Å². The van der Waals surface area contributed by atoms with Crippen LogP contribution in [0.4, 0.5) is 28.4 Å². The molecule has 6 rings (SSSR count). The summed E-state index contributed by atoms with van der Waals surface area (Å²) < 4.78 is 6.12. The second-order valence-corrected chi connectivity index (χ2v) is 9.58. The molecule has 1 atom stereocenters. The number of non-ortho nitro benzene ring substituents is 1. The van der Waals surface area contributed by atoms with Gasteiger partial charge in [-0.15, -0.1) is 0 Å². The van der Waals surface area contributed by atoms with Crippen molar-refractivity contribution < 1.29 is 9.66 Å². The fourth-order valence-corrected chi connectivity index (χ4v) is 4.68. The van der Waals surface area contributed by atoms with E-state index in [1.54, 1.807) is 22.2 Å². The zero-order valence-electron chi connectivity index (χ0n) is 22.9. The van der Waals surface area contributed by atoms with Gasteiger partial charge in [-0.25, -0.2) is 10.0 Å². The quantitative estimate of drug-likeness (QED) is 0.151. The van der Waals surface area contributed by atoms with Gasteiger partial charge in [0.15, 0.2) is 11.8 Å². The number of hydrogen-bond donors (Lipinski definition) is 1. The van der Waals surface area contributed by atoms with Gasteiger partial charge in [0.05, 0.1) is 27.7 Å². The fraction of sp³-hybridized carbons (Fsp3) is 0.0294. The first kappa shape index (κ1) is 27.1. The van der Waals surface area contributed by atoms with Crippen LogP contribution in [0.15, 0.2) is 156 Å². The van der Waals surface area contributed by atoms with E-state index in [0.717, 1.165) is 22.7 Å². The molecule has 0 aliphatic carbocycles. The third-order valence-corrected chi connectivity index (χ3v) is 6.76. The van der Waals surface area contributed by atoms with Crippen LogP contribution in [0.25, 0.3) is 0 Å². The standard InChI is InChI=1S/C34H26N6O3/c35-34-32(37-39(28-17-9-3-10-18-28)29-19-11-4-12-20-29)31(33(43-34)25-21-23-30(24-22-25)40(41)42)36-38(26-13-5-1-6-14-26)27-15-7-2-8-16-27/h1-24,33,35H. The van der Waals surface area contributed by atoms with Gasteiger partial charge in [0.1, 0.15) is 5.71 Å². The van der Waals surface area contributed by atoms with Crippen LogP contribution < -0.4 is 10.0 Å². The van der Waals surface area contributed by atoms with Crippen molar-refractivity contribution in [3.05, 3.63) is 161 Å². The number of nitro benzene ring substituents is 1. The van der Waals surface area contributed by atoms with E-state index in [0.29, 0.717) is 11.3 Å². The SMILES string of the molecule is N=C1OC(c2ccc([N+](=O)[O-])cc2)C(=NN(c2ccccc2)c2ccccc2)C1=NN(c1ccccc1)c1ccccc1. The summed E-state index contributed by atoms with van der Waals surface area (Å²) in [5, 5.41) is 33.8. The molecular weight excluding hydrogens is 540 g/mol. The molecule has 1 fully saturated rings. The molecule has 1 N–H and O–H groups in total. The van der Waals surface area contributed by atoms with Crippen molar-refractivity contribution in [2.45, 2.75) is 6.10 Å². The molecule has 1 unspecified atom stereocenters. The number of rotatable bonds is 8. The summed E-state index contributed by atoms with van der Waals surface area (Å²) in [5.41, 5.74) is 4.33. The third-order valence-electron chi connectivity index (χ3n) is 6.76. The molecule has 0 spiro atoms. The first-order chi connectivity index (χ1) is 21.1. The van der Waals surface area contributed by atoms with Crippen LogP contribution in [0, 0.1) is 15.5 Å². The smallest absolute Gasteiger partial charge is 0.269 e. The number of nitrogens with zero attached hydrogens (tertiary/aromatic N) is 5. The Morgan fingerprint density at radius 1 is 0.605 bits per heavy atom. The summed E-state index contributed by atoms with van der Waals surface area (Å²) in [6.07, 6.45) is -0.838. The predicted octanol–water partition coefficient (Wildman–Crippen LogP) is 8.03. The molecule has 9 heteroatoms. The zero-order valence-corrected chi connectivity index (χ0v) is 22.9. The molecule has 0 aromatic heterocycles. The largest absolute Gasteiger partial charge is 0.461 e. The number of nitro groups is 1. The lowest BCUT2D eigenvalue weighted by atomic mass is 10.0. The van der Waals surface area contributed by atoms with Crippen molar-refractivity contribution in [2.24, 2.45) is 10.2 Å². The van der Waals surface area contributed by atoms with E-state index in [1.807, 2.05) is 121 Å². The number of hydrazone groups is 2. The average Bonchev–Trinajstić information content (AvgIpc) is 3.38. The zero-order chi connectivity index (χ0) is 29.6. The van der Waals surface area contributed by atoms with Crippen LogP contribution in [-0.4, -0.2) is 22.2 Å². The Kier molecular flexibility index (Phi) is 7.68. The highest BCUT2D eigenvalue weighted by Crippen LogP contribution is 2.34. The van der Waals surface area contributed by atoms with E-state index >= 15 is 0 Å². The van der Waals surface area contributed by atoms with Gasteiger partial charge < -0.3 is 4.74 Å². The van der Waals surface area contributed by atoms with Gasteiger partial charge in [0.2, 0.25) is 5.90 Å². The van der Waals surface area contributed by atoms with Crippen LogP contribution in [0.3, 0.4) is 0 Å². The maximum Gasteiger partial charge on any atom is 0.269 e. The van der Waals surface area contributed by atoms with Crippen LogP contribution >= 0.6 is 0 Å². The Hall–Kier alpha value is -6.09. The minimum absolute atomic E-state index is 0.0428. The molecule has 0 radical (unpaired) electrons. The van der Waals surface area contributed by atoms with Crippen LogP contribution in [0.1, 0.15) is 11.7 Å². The lowest BCUT2D eigenvalue weighted by Crippen LogP contribution is -2.25. The number of para-hydroxylation sites is 4. The number of nitrogens with one attached hydrogen (secondary N) is 1. The summed E-state index contributed by atoms with van der Waals surface area (Å²) in [4.78, 5) is 10.9. The van der Waals surface area contributed by atoms with E-state index in [-0.39, 0.29) is 17.3 Å². The van der Waals surface area contributed by atoms with Crippen LogP contribution in [0.5, 0.6) is 0 Å². The predicted molar refractivity (Wildman–Crippen MR) is 170 cm³/mol. The summed E-state index contributed by atoms with van der Waals surface area (Å²) in [5.74, 6) is -0.167. The van der Waals surface area contributed by atoms with Gasteiger partial charge in [-0.05, 0) is 66.2 Å². The number of ether oxygens (including phenoxy) is 1. The Balaban J connectivity index is 1.55. The van der Waals surface area contributed by atoms with Gasteiger partial charge in [-0.3, -0.25) is 15.5 Å². The molecule has 0 saturated carbocycles. The van der Waals surface area contributed by atoms with Crippen molar-refractivity contribution in [3.63, 3.8) is 0 Å². The van der Waals surface area contributed by atoms with Gasteiger partial charge in [-0.1, -0.05) is 72.8 Å². The lowest BCUT2D eigenvalue weighted by Gasteiger charge is -2.22. The molecule has 9 nitrogen and oxygen atoms in total. The Morgan fingerprint density at radius 2 is 1.00 bits per heavy atom. The third kappa shape index (κ3) is 5.86. The van der Waals surface area contributed by atoms with E-state index in [2.05, 4.69) is 0 Å². The van der Waals surface area contributed by atoms with Crippen molar-refractivity contribution in [1.29, 1.82) is 5.41 Å². The highest BCUT2D eigenvalue weighted by Gasteiger charge is 2.39. The van der Waals surface area contributed by atoms with Gasteiger partial charge in [0.25, 0.3) is 5.69 Å². The van der Waals surface area contributed by atoms with Crippen molar-refractivity contribution in [3.8, 4) is 0 Å². The first-order valence-corrected chi connectivity index (χ1v) is 13.6. The Morgan fingerprint density at radius 3 is 1.40 bits per heavy atom. The molecule has 43 heavy (non-hydrogen) atoms. The lowest BCUT2D eigenvalue weighted by molar-refractivity contribution is -0.384. The summed E-state index contributed by atoms with van der Waals surface area (Å²) in [6.45, 7) is 0. The van der Waals surface area contributed by atoms with Crippen molar-refractivity contribution >= 4 is 45.8 Å². The molecule has 1 heterocycles. The molecule has 5 aromatic carbocycles. The summed E-state index contributed by atoms with van der Waals surface area (Å²) >= 11 is 0. The van der Waals surface area contributed by atoms with E-state index in [9.17, 15) is 10.1 Å². The molecule has 1 aliphatic rings. The molecular formula is C34H26N6O3. The van der Waals surface area contributed by atoms with Crippen LogP contribution in [0.2, 0.25) is 0 Å². The highest BCUT2D eigenvalue weighted by atomic mass is 16.6. The van der Waals surface area contributed by atoms with E-state index < -0.39 is 11.0 Å². The number of hydrogen-bond acceptors (Lipinski definition) is 8. The van der Waals surface area contributed by atoms with Crippen molar-refractivity contribution in [2.75, 3.05) is 10.0 Å². The Labute approximate surface area is 248 Å². The minimum atomic E-state index is -0.838. The molecule has 1 saturated heterocycles. The average molecular weight is 567 g/mol. The van der Waals surface area contributed by atoms with Gasteiger partial charge >= 0.3 is 0 Å².